The number of hydrogen-bond donors (Lipinski definition) is 0. The van der Waals surface area contributed by atoms with Gasteiger partial charge in [-0.1, -0.05) is 66.7 Å². The highest BCUT2D eigenvalue weighted by atomic mass is 16.5. The van der Waals surface area contributed by atoms with Gasteiger partial charge >= 0.3 is 0 Å². The van der Waals surface area contributed by atoms with Gasteiger partial charge in [0.1, 0.15) is 17.3 Å². The number of hydrogen-bond acceptors (Lipinski definition) is 4. The average Bonchev–Trinajstić information content (AvgIpc) is 3.73. The van der Waals surface area contributed by atoms with Crippen molar-refractivity contribution < 1.29 is 9.47 Å². The van der Waals surface area contributed by atoms with Gasteiger partial charge in [-0.05, 0) is 66.1 Å². The van der Waals surface area contributed by atoms with Gasteiger partial charge < -0.3 is 18.6 Å². The second kappa shape index (κ2) is 13.1. The molecule has 0 fully saturated rings. The Morgan fingerprint density at radius 3 is 1.86 bits per heavy atom. The molecule has 0 aliphatic rings. The van der Waals surface area contributed by atoms with Gasteiger partial charge in [-0.15, -0.1) is 0 Å². The third kappa shape index (κ3) is 6.44. The molecule has 43 heavy (non-hydrogen) atoms. The molecule has 6 nitrogen and oxygen atoms in total. The number of methoxy groups -OCH3 is 2. The maximum absolute atomic E-state index is 5.47. The summed E-state index contributed by atoms with van der Waals surface area (Å²) >= 11 is 0. The Balaban J connectivity index is 1.43. The van der Waals surface area contributed by atoms with Crippen LogP contribution in [0.4, 0.5) is 0 Å². The summed E-state index contributed by atoms with van der Waals surface area (Å²) in [6.45, 7) is 1.65. The third-order valence-electron chi connectivity index (χ3n) is 7.49. The van der Waals surface area contributed by atoms with Crippen LogP contribution in [-0.2, 0) is 13.1 Å². The van der Waals surface area contributed by atoms with Crippen LogP contribution in [0.15, 0.2) is 122 Å². The molecule has 6 heteroatoms. The molecule has 0 saturated carbocycles. The monoisotopic (exact) mass is 566 g/mol. The standard InChI is InChI=1S/C37H34N4O2/c1-42-33-19-15-30(16-20-33)35-36(31-17-21-34(43-2)22-18-31)41(25-6-24-40-26-23-38-27-40)37(39-35)32-13-11-29(12-14-32)10-9-28-7-4-3-5-8-28/h3-5,7-23,26-27H,6,24-25H2,1-2H3. The quantitative estimate of drug-likeness (QED) is 0.148. The fourth-order valence-corrected chi connectivity index (χ4v) is 5.21. The van der Waals surface area contributed by atoms with E-state index in [9.17, 15) is 0 Å². The lowest BCUT2D eigenvalue weighted by atomic mass is 10.0. The first-order valence-electron chi connectivity index (χ1n) is 14.4. The molecule has 214 valence electrons. The third-order valence-corrected chi connectivity index (χ3v) is 7.49. The number of aromatic nitrogens is 4. The van der Waals surface area contributed by atoms with Crippen molar-refractivity contribution >= 4 is 12.2 Å². The molecule has 0 aliphatic carbocycles. The van der Waals surface area contributed by atoms with Gasteiger partial charge in [0.25, 0.3) is 0 Å². The molecule has 0 bridgehead atoms. The number of nitrogens with zero attached hydrogens (tertiary/aromatic N) is 4. The van der Waals surface area contributed by atoms with E-state index in [1.165, 1.54) is 5.56 Å². The van der Waals surface area contributed by atoms with Crippen molar-refractivity contribution in [1.29, 1.82) is 0 Å². The molecule has 0 radical (unpaired) electrons. The predicted molar refractivity (Wildman–Crippen MR) is 174 cm³/mol. The van der Waals surface area contributed by atoms with E-state index in [1.807, 2.05) is 49.1 Å². The van der Waals surface area contributed by atoms with Crippen molar-refractivity contribution in [3.63, 3.8) is 0 Å². The van der Waals surface area contributed by atoms with Crippen molar-refractivity contribution in [2.24, 2.45) is 0 Å². The number of ether oxygens (including phenoxy) is 2. The molecule has 4 aromatic carbocycles. The zero-order chi connectivity index (χ0) is 29.4. The zero-order valence-electron chi connectivity index (χ0n) is 24.4. The van der Waals surface area contributed by atoms with E-state index in [0.717, 1.165) is 70.5 Å². The van der Waals surface area contributed by atoms with Gasteiger partial charge in [-0.2, -0.15) is 0 Å². The van der Waals surface area contributed by atoms with Crippen molar-refractivity contribution in [3.8, 4) is 45.4 Å². The van der Waals surface area contributed by atoms with Crippen LogP contribution in [0.2, 0.25) is 0 Å². The largest absolute Gasteiger partial charge is 0.497 e. The number of aryl methyl sites for hydroxylation is 1. The van der Waals surface area contributed by atoms with Crippen LogP contribution >= 0.6 is 0 Å². The van der Waals surface area contributed by atoms with E-state index < -0.39 is 0 Å². The Labute approximate surface area is 252 Å². The molecule has 0 aliphatic heterocycles. The van der Waals surface area contributed by atoms with Crippen LogP contribution in [0.5, 0.6) is 11.5 Å². The van der Waals surface area contributed by atoms with E-state index in [-0.39, 0.29) is 0 Å². The highest BCUT2D eigenvalue weighted by molar-refractivity contribution is 5.83. The Morgan fingerprint density at radius 1 is 0.651 bits per heavy atom. The van der Waals surface area contributed by atoms with Crippen LogP contribution in [0, 0.1) is 0 Å². The van der Waals surface area contributed by atoms with Crippen LogP contribution in [0.3, 0.4) is 0 Å². The minimum Gasteiger partial charge on any atom is -0.497 e. The minimum atomic E-state index is 0.785. The van der Waals surface area contributed by atoms with E-state index in [4.69, 9.17) is 14.5 Å². The van der Waals surface area contributed by atoms with Gasteiger partial charge in [-0.25, -0.2) is 9.97 Å². The highest BCUT2D eigenvalue weighted by Crippen LogP contribution is 2.38. The Bertz CT molecular complexity index is 1770. The minimum absolute atomic E-state index is 0.785. The fourth-order valence-electron chi connectivity index (χ4n) is 5.21. The molecule has 2 heterocycles. The highest BCUT2D eigenvalue weighted by Gasteiger charge is 2.21. The smallest absolute Gasteiger partial charge is 0.141 e. The maximum atomic E-state index is 5.47. The molecule has 2 aromatic heterocycles. The lowest BCUT2D eigenvalue weighted by Crippen LogP contribution is -2.06. The van der Waals surface area contributed by atoms with Crippen molar-refractivity contribution in [3.05, 3.63) is 133 Å². The fraction of sp³-hybridized carbons (Fsp3) is 0.135. The Morgan fingerprint density at radius 2 is 1.26 bits per heavy atom. The van der Waals surface area contributed by atoms with Crippen LogP contribution in [0.1, 0.15) is 17.5 Å². The summed E-state index contributed by atoms with van der Waals surface area (Å²) < 4.78 is 15.4. The zero-order valence-corrected chi connectivity index (χ0v) is 24.4. The Kier molecular flexibility index (Phi) is 8.46. The molecule has 6 aromatic rings. The molecule has 0 atom stereocenters. The van der Waals surface area contributed by atoms with Gasteiger partial charge in [-0.3, -0.25) is 0 Å². The molecule has 0 spiro atoms. The number of imidazole rings is 2. The SMILES string of the molecule is COc1ccc(-c2nc(-c3ccc(C=Cc4ccccc4)cc3)n(CCCn3ccnc3)c2-c2ccc(OC)cc2)cc1. The molecular formula is C37H34N4O2. The second-order valence-corrected chi connectivity index (χ2v) is 10.3. The lowest BCUT2D eigenvalue weighted by Gasteiger charge is -2.14. The molecule has 0 unspecified atom stereocenters. The summed E-state index contributed by atoms with van der Waals surface area (Å²) in [5.74, 6) is 2.56. The number of rotatable bonds is 11. The molecule has 0 amide bonds. The lowest BCUT2D eigenvalue weighted by molar-refractivity contribution is 0.414. The summed E-state index contributed by atoms with van der Waals surface area (Å²) in [5, 5.41) is 0. The summed E-state index contributed by atoms with van der Waals surface area (Å²) in [4.78, 5) is 9.53. The van der Waals surface area contributed by atoms with Gasteiger partial charge in [0.2, 0.25) is 0 Å². The molecule has 0 N–H and O–H groups in total. The summed E-state index contributed by atoms with van der Waals surface area (Å²) in [5.41, 5.74) is 7.48. The van der Waals surface area contributed by atoms with Crippen molar-refractivity contribution in [1.82, 2.24) is 19.1 Å². The molecule has 6 rings (SSSR count). The first kappa shape index (κ1) is 27.8. The average molecular weight is 567 g/mol. The summed E-state index contributed by atoms with van der Waals surface area (Å²) in [6, 6.07) is 35.3. The van der Waals surface area contributed by atoms with Gasteiger partial charge in [0.05, 0.1) is 31.9 Å². The Hall–Kier alpha value is -5.36. The normalized spacial score (nSPS) is 11.2. The van der Waals surface area contributed by atoms with E-state index >= 15 is 0 Å². The van der Waals surface area contributed by atoms with E-state index in [1.54, 1.807) is 14.2 Å². The van der Waals surface area contributed by atoms with Crippen LogP contribution < -0.4 is 9.47 Å². The molecular weight excluding hydrogens is 532 g/mol. The van der Waals surface area contributed by atoms with E-state index in [0.29, 0.717) is 0 Å². The van der Waals surface area contributed by atoms with Crippen molar-refractivity contribution in [2.75, 3.05) is 14.2 Å². The summed E-state index contributed by atoms with van der Waals surface area (Å²) in [6.07, 6.45) is 10.9. The predicted octanol–water partition coefficient (Wildman–Crippen LogP) is 8.36. The molecule has 0 saturated heterocycles. The maximum Gasteiger partial charge on any atom is 0.141 e. The first-order chi connectivity index (χ1) is 21.2. The van der Waals surface area contributed by atoms with E-state index in [2.05, 4.69) is 99.1 Å². The van der Waals surface area contributed by atoms with Crippen LogP contribution in [0.25, 0.3) is 46.1 Å². The number of benzene rings is 4. The second-order valence-electron chi connectivity index (χ2n) is 10.3. The first-order valence-corrected chi connectivity index (χ1v) is 14.4. The summed E-state index contributed by atoms with van der Waals surface area (Å²) in [7, 11) is 3.37. The van der Waals surface area contributed by atoms with Crippen molar-refractivity contribution in [2.45, 2.75) is 19.5 Å². The van der Waals surface area contributed by atoms with Gasteiger partial charge in [0, 0.05) is 42.2 Å². The van der Waals surface area contributed by atoms with Gasteiger partial charge in [0.15, 0.2) is 0 Å². The topological polar surface area (TPSA) is 54.1 Å². The van der Waals surface area contributed by atoms with Crippen LogP contribution in [-0.4, -0.2) is 33.3 Å².